The van der Waals surface area contributed by atoms with Crippen LogP contribution < -0.4 is 5.32 Å². The lowest BCUT2D eigenvalue weighted by Gasteiger charge is -2.16. The smallest absolute Gasteiger partial charge is 0.394 e. The van der Waals surface area contributed by atoms with Crippen molar-refractivity contribution in [3.63, 3.8) is 0 Å². The second kappa shape index (κ2) is 8.83. The number of nitrogens with zero attached hydrogens (tertiary/aromatic N) is 4. The number of methoxy groups -OCH3 is 1. The number of hydrogen-bond donors (Lipinski definition) is 2. The van der Waals surface area contributed by atoms with Crippen molar-refractivity contribution in [1.82, 2.24) is 24.9 Å². The van der Waals surface area contributed by atoms with E-state index < -0.39 is 17.8 Å². The van der Waals surface area contributed by atoms with E-state index in [1.54, 1.807) is 29.8 Å². The third kappa shape index (κ3) is 4.29. The molecule has 2 aromatic carbocycles. The van der Waals surface area contributed by atoms with Gasteiger partial charge >= 0.3 is 6.18 Å². The maximum atomic E-state index is 13.0. The second-order valence-corrected chi connectivity index (χ2v) is 7.63. The van der Waals surface area contributed by atoms with Crippen LogP contribution in [0.25, 0.3) is 27.8 Å². The SMILES string of the molecule is COCC[C@@H](CO)NC(=O)c1ccc2c(c1)c1nnn(C)c1n2-c1ccc(C(F)(F)F)cc1. The van der Waals surface area contributed by atoms with Crippen LogP contribution in [-0.2, 0) is 18.0 Å². The van der Waals surface area contributed by atoms with E-state index in [-0.39, 0.29) is 12.5 Å². The molecule has 0 saturated heterocycles. The Morgan fingerprint density at radius 2 is 1.94 bits per heavy atom. The molecule has 0 radical (unpaired) electrons. The van der Waals surface area contributed by atoms with E-state index in [2.05, 4.69) is 15.6 Å². The number of aliphatic hydroxyl groups excluding tert-OH is 1. The van der Waals surface area contributed by atoms with Crippen LogP contribution in [0.2, 0.25) is 0 Å². The molecule has 2 heterocycles. The number of carbonyl (C=O) groups excluding carboxylic acids is 1. The molecule has 174 valence electrons. The Hall–Kier alpha value is -3.44. The quantitative estimate of drug-likeness (QED) is 0.441. The highest BCUT2D eigenvalue weighted by Crippen LogP contribution is 2.33. The van der Waals surface area contributed by atoms with Crippen LogP contribution in [0.4, 0.5) is 13.2 Å². The zero-order valence-corrected chi connectivity index (χ0v) is 17.9. The Kier molecular flexibility index (Phi) is 6.09. The minimum Gasteiger partial charge on any atom is -0.394 e. The van der Waals surface area contributed by atoms with Gasteiger partial charge in [-0.25, -0.2) is 4.68 Å². The third-order valence-corrected chi connectivity index (χ3v) is 5.44. The van der Waals surface area contributed by atoms with Crippen LogP contribution in [0.15, 0.2) is 42.5 Å². The molecule has 0 unspecified atom stereocenters. The summed E-state index contributed by atoms with van der Waals surface area (Å²) in [6, 6.07) is 9.35. The third-order valence-electron chi connectivity index (χ3n) is 5.44. The lowest BCUT2D eigenvalue weighted by molar-refractivity contribution is -0.137. The molecule has 1 atom stereocenters. The van der Waals surface area contributed by atoms with Gasteiger partial charge in [0.15, 0.2) is 5.65 Å². The molecule has 0 aliphatic carbocycles. The van der Waals surface area contributed by atoms with Crippen molar-refractivity contribution < 1.29 is 27.8 Å². The van der Waals surface area contributed by atoms with E-state index in [4.69, 9.17) is 4.74 Å². The number of hydrogen-bond acceptors (Lipinski definition) is 5. The Morgan fingerprint density at radius 1 is 1.21 bits per heavy atom. The zero-order chi connectivity index (χ0) is 23.8. The summed E-state index contributed by atoms with van der Waals surface area (Å²) in [6.45, 7) is 0.163. The molecule has 2 aromatic heterocycles. The highest BCUT2D eigenvalue weighted by molar-refractivity contribution is 6.09. The average molecular weight is 461 g/mol. The molecule has 1 amide bonds. The molecule has 8 nitrogen and oxygen atoms in total. The van der Waals surface area contributed by atoms with Crippen LogP contribution in [0.3, 0.4) is 0 Å². The summed E-state index contributed by atoms with van der Waals surface area (Å²) < 4.78 is 47.3. The molecule has 0 aliphatic heterocycles. The van der Waals surface area contributed by atoms with Gasteiger partial charge in [-0.3, -0.25) is 9.36 Å². The van der Waals surface area contributed by atoms with Gasteiger partial charge in [-0.15, -0.1) is 5.10 Å². The van der Waals surface area contributed by atoms with Crippen LogP contribution in [0.5, 0.6) is 0 Å². The number of carbonyl (C=O) groups is 1. The lowest BCUT2D eigenvalue weighted by atomic mass is 10.1. The van der Waals surface area contributed by atoms with E-state index in [0.29, 0.717) is 46.3 Å². The molecule has 0 fully saturated rings. The molecule has 33 heavy (non-hydrogen) atoms. The van der Waals surface area contributed by atoms with Crippen molar-refractivity contribution in [2.45, 2.75) is 18.6 Å². The Bertz CT molecular complexity index is 1290. The van der Waals surface area contributed by atoms with E-state index in [9.17, 15) is 23.1 Å². The summed E-state index contributed by atoms with van der Waals surface area (Å²) in [5, 5.41) is 21.1. The average Bonchev–Trinajstić information content (AvgIpc) is 3.33. The minimum absolute atomic E-state index is 0.226. The number of benzene rings is 2. The molecule has 4 aromatic rings. The van der Waals surface area contributed by atoms with Gasteiger partial charge in [-0.05, 0) is 48.9 Å². The summed E-state index contributed by atoms with van der Waals surface area (Å²) in [6.07, 6.45) is -3.97. The molecule has 11 heteroatoms. The minimum atomic E-state index is -4.43. The van der Waals surface area contributed by atoms with Crippen molar-refractivity contribution in [3.05, 3.63) is 53.6 Å². The predicted octanol–water partition coefficient (Wildman–Crippen LogP) is 3.06. The van der Waals surface area contributed by atoms with Gasteiger partial charge in [-0.2, -0.15) is 13.2 Å². The highest BCUT2D eigenvalue weighted by Gasteiger charge is 2.30. The zero-order valence-electron chi connectivity index (χ0n) is 17.9. The monoisotopic (exact) mass is 461 g/mol. The normalized spacial score (nSPS) is 13.0. The van der Waals surface area contributed by atoms with Gasteiger partial charge in [0.1, 0.15) is 5.52 Å². The van der Waals surface area contributed by atoms with Crippen molar-refractivity contribution >= 4 is 28.0 Å². The Balaban J connectivity index is 1.77. The van der Waals surface area contributed by atoms with Crippen molar-refractivity contribution in [1.29, 1.82) is 0 Å². The highest BCUT2D eigenvalue weighted by atomic mass is 19.4. The van der Waals surface area contributed by atoms with Crippen molar-refractivity contribution in [3.8, 4) is 5.69 Å². The number of nitrogens with one attached hydrogen (secondary N) is 1. The van der Waals surface area contributed by atoms with Crippen LogP contribution >= 0.6 is 0 Å². The number of fused-ring (bicyclic) bond motifs is 3. The summed E-state index contributed by atoms with van der Waals surface area (Å²) in [5.41, 5.74) is 1.88. The standard InChI is InChI=1S/C22H22F3N5O3/c1-29-21-19(27-28-29)17-11-13(20(32)26-15(12-31)9-10-33-2)3-8-18(17)30(21)16-6-4-14(5-7-16)22(23,24)25/h3-8,11,15,31H,9-10,12H2,1-2H3,(H,26,32)/t15-/m0/s1. The Labute approximate surface area is 186 Å². The fourth-order valence-electron chi connectivity index (χ4n) is 3.75. The topological polar surface area (TPSA) is 94.2 Å². The first kappa shape index (κ1) is 22.7. The van der Waals surface area contributed by atoms with Gasteiger partial charge in [0.2, 0.25) is 0 Å². The Morgan fingerprint density at radius 3 is 2.58 bits per heavy atom. The predicted molar refractivity (Wildman–Crippen MR) is 115 cm³/mol. The van der Waals surface area contributed by atoms with Crippen LogP contribution in [0.1, 0.15) is 22.3 Å². The lowest BCUT2D eigenvalue weighted by Crippen LogP contribution is -2.38. The number of aliphatic hydroxyl groups is 1. The van der Waals surface area contributed by atoms with Crippen molar-refractivity contribution in [2.24, 2.45) is 7.05 Å². The van der Waals surface area contributed by atoms with Gasteiger partial charge in [0, 0.05) is 37.4 Å². The number of rotatable bonds is 7. The number of aryl methyl sites for hydroxylation is 1. The molecule has 0 aliphatic rings. The molecular weight excluding hydrogens is 439 g/mol. The molecule has 0 spiro atoms. The fraction of sp³-hybridized carbons (Fsp3) is 0.318. The maximum absolute atomic E-state index is 13.0. The molecule has 2 N–H and O–H groups in total. The van der Waals surface area contributed by atoms with Crippen molar-refractivity contribution in [2.75, 3.05) is 20.3 Å². The van der Waals surface area contributed by atoms with Gasteiger partial charge in [-0.1, -0.05) is 5.21 Å². The number of halogens is 3. The molecule has 0 bridgehead atoms. The van der Waals surface area contributed by atoms with E-state index in [1.807, 2.05) is 0 Å². The van der Waals surface area contributed by atoms with Gasteiger partial charge in [0.25, 0.3) is 5.91 Å². The number of ether oxygens (including phenoxy) is 1. The van der Waals surface area contributed by atoms with Crippen LogP contribution in [-0.4, -0.2) is 56.9 Å². The fourth-order valence-corrected chi connectivity index (χ4v) is 3.75. The maximum Gasteiger partial charge on any atom is 0.416 e. The molecule has 0 saturated carbocycles. The van der Waals surface area contributed by atoms with E-state index >= 15 is 0 Å². The molecular formula is C22H22F3N5O3. The van der Waals surface area contributed by atoms with Gasteiger partial charge < -0.3 is 15.2 Å². The number of amides is 1. The summed E-state index contributed by atoms with van der Waals surface area (Å²) >= 11 is 0. The summed E-state index contributed by atoms with van der Waals surface area (Å²) in [7, 11) is 3.22. The summed E-state index contributed by atoms with van der Waals surface area (Å²) in [4.78, 5) is 12.8. The number of alkyl halides is 3. The van der Waals surface area contributed by atoms with Gasteiger partial charge in [0.05, 0.1) is 23.7 Å². The van der Waals surface area contributed by atoms with E-state index in [0.717, 1.165) is 12.1 Å². The molecule has 4 rings (SSSR count). The first-order chi connectivity index (χ1) is 15.7. The second-order valence-electron chi connectivity index (χ2n) is 7.63. The summed E-state index contributed by atoms with van der Waals surface area (Å²) in [5.74, 6) is -0.369. The van der Waals surface area contributed by atoms with E-state index in [1.165, 1.54) is 23.9 Å². The number of aromatic nitrogens is 4. The first-order valence-corrected chi connectivity index (χ1v) is 10.2. The van der Waals surface area contributed by atoms with Crippen LogP contribution in [0, 0.1) is 0 Å². The largest absolute Gasteiger partial charge is 0.416 e. The first-order valence-electron chi connectivity index (χ1n) is 10.2.